The normalized spacial score (nSPS) is 11.7. The Hall–Kier alpha value is -0.318. The van der Waals surface area contributed by atoms with Crippen LogP contribution in [-0.4, -0.2) is 16.3 Å². The molecule has 0 aliphatic carbocycles. The third-order valence-corrected chi connectivity index (χ3v) is 2.13. The van der Waals surface area contributed by atoms with Crippen LogP contribution >= 0.6 is 0 Å². The minimum atomic E-state index is 0. The molecule has 1 aromatic carbocycles. The summed E-state index contributed by atoms with van der Waals surface area (Å²) < 4.78 is 0.797. The van der Waals surface area contributed by atoms with E-state index in [1.54, 1.807) is 0 Å². The molecule has 54 valence electrons. The molecule has 1 rings (SSSR count). The lowest BCUT2D eigenvalue weighted by Gasteiger charge is -2.01. The van der Waals surface area contributed by atoms with Gasteiger partial charge >= 0.3 is 0 Å². The van der Waals surface area contributed by atoms with Crippen molar-refractivity contribution in [2.24, 2.45) is 0 Å². The van der Waals surface area contributed by atoms with E-state index in [4.69, 9.17) is 0 Å². The highest BCUT2D eigenvalue weighted by atomic mass is 27.0. The smallest absolute Gasteiger partial charge is 0.222 e. The van der Waals surface area contributed by atoms with Crippen molar-refractivity contribution in [2.75, 3.05) is 0 Å². The van der Waals surface area contributed by atoms with Gasteiger partial charge in [0.05, 0.1) is 0 Å². The average molecular weight is 154 g/mol. The second kappa shape index (κ2) is 4.49. The molecule has 0 aromatic heterocycles. The van der Waals surface area contributed by atoms with Gasteiger partial charge in [-0.2, -0.15) is 0 Å². The Kier molecular flexibility index (Phi) is 4.35. The molecule has 0 saturated carbocycles. The van der Waals surface area contributed by atoms with Crippen molar-refractivity contribution in [2.45, 2.75) is 11.7 Å². The van der Waals surface area contributed by atoms with Crippen molar-refractivity contribution < 1.29 is 4.70 Å². The van der Waals surface area contributed by atoms with Gasteiger partial charge in [-0.25, -0.2) is 0 Å². The monoisotopic (exact) mass is 154 g/mol. The highest BCUT2D eigenvalue weighted by Crippen LogP contribution is 2.08. The van der Waals surface area contributed by atoms with E-state index in [9.17, 15) is 0 Å². The van der Waals surface area contributed by atoms with Gasteiger partial charge in [0, 0.05) is 0 Å². The summed E-state index contributed by atoms with van der Waals surface area (Å²) in [7, 11) is 0. The highest BCUT2D eigenvalue weighted by molar-refractivity contribution is 6.12. The zero-order valence-electron chi connectivity index (χ0n) is 6.37. The van der Waals surface area contributed by atoms with Crippen LogP contribution in [0, 0.1) is 0 Å². The summed E-state index contributed by atoms with van der Waals surface area (Å²) in [5, 5.41) is 0. The fourth-order valence-corrected chi connectivity index (χ4v) is 1.22. The van der Waals surface area contributed by atoms with Crippen LogP contribution in [0.15, 0.2) is 30.3 Å². The Bertz CT molecular complexity index is 172. The minimum Gasteiger partial charge on any atom is -0.269 e. The summed E-state index contributed by atoms with van der Waals surface area (Å²) in [5.74, 6) is 0. The van der Waals surface area contributed by atoms with Gasteiger partial charge in [0.15, 0.2) is 0 Å². The first kappa shape index (κ1) is 9.68. The van der Waals surface area contributed by atoms with E-state index in [2.05, 4.69) is 37.3 Å². The Morgan fingerprint density at radius 1 is 1.20 bits per heavy atom. The zero-order valence-corrected chi connectivity index (χ0v) is 8.37. The summed E-state index contributed by atoms with van der Waals surface area (Å²) in [6, 6.07) is 10.6. The van der Waals surface area contributed by atoms with Gasteiger partial charge in [0.1, 0.15) is 0 Å². The van der Waals surface area contributed by atoms with E-state index < -0.39 is 0 Å². The summed E-state index contributed by atoms with van der Waals surface area (Å²) in [4.78, 5) is 0. The molecule has 0 amide bonds. The quantitative estimate of drug-likeness (QED) is 0.538. The standard InChI is InChI=1S/C8H9.Al.FH.2H/c1-2-8-6-4-3-5-7-8;;;;/h2-7H,1H3;;1H;;. The molecule has 0 N–H and O–H groups in total. The van der Waals surface area contributed by atoms with Crippen LogP contribution in [0.3, 0.4) is 0 Å². The van der Waals surface area contributed by atoms with Crippen LogP contribution in [0.25, 0.3) is 0 Å². The fraction of sp³-hybridized carbons (Fsp3) is 0.250. The van der Waals surface area contributed by atoms with Gasteiger partial charge in [-0.3, -0.25) is 4.70 Å². The molecule has 0 bridgehead atoms. The van der Waals surface area contributed by atoms with Gasteiger partial charge in [0.2, 0.25) is 16.3 Å². The Morgan fingerprint density at radius 3 is 2.00 bits per heavy atom. The van der Waals surface area contributed by atoms with E-state index in [-0.39, 0.29) is 4.70 Å². The molecule has 0 nitrogen and oxygen atoms in total. The van der Waals surface area contributed by atoms with Crippen molar-refractivity contribution >= 4 is 16.3 Å². The van der Waals surface area contributed by atoms with E-state index in [1.807, 2.05) is 0 Å². The maximum absolute atomic E-state index is 2.27. The molecule has 1 aromatic rings. The Labute approximate surface area is 69.1 Å². The number of hydrogen-bond acceptors (Lipinski definition) is 0. The Morgan fingerprint density at radius 2 is 1.70 bits per heavy atom. The average Bonchev–Trinajstić information content (AvgIpc) is 1.90. The van der Waals surface area contributed by atoms with Gasteiger partial charge < -0.3 is 0 Å². The molecule has 0 aliphatic heterocycles. The highest BCUT2D eigenvalue weighted by Gasteiger charge is 1.93. The first-order valence-corrected chi connectivity index (χ1v) is 4.51. The fourth-order valence-electron chi connectivity index (χ4n) is 0.838. The lowest BCUT2D eigenvalue weighted by atomic mass is 10.2. The number of halogens is 1. The first-order chi connectivity index (χ1) is 4.30. The molecule has 1 unspecified atom stereocenters. The molecule has 0 aliphatic rings. The third kappa shape index (κ3) is 2.51. The molecular weight excluding hydrogens is 142 g/mol. The van der Waals surface area contributed by atoms with Gasteiger partial charge in [-0.1, -0.05) is 47.6 Å². The number of benzene rings is 1. The summed E-state index contributed by atoms with van der Waals surface area (Å²) >= 11 is 1.26. The molecule has 0 radical (unpaired) electrons. The molecule has 0 fully saturated rings. The van der Waals surface area contributed by atoms with E-state index in [0.29, 0.717) is 0 Å². The molecule has 2 heteroatoms. The number of rotatable bonds is 1. The molecule has 0 spiro atoms. The zero-order chi connectivity index (χ0) is 6.69. The van der Waals surface area contributed by atoms with Crippen molar-refractivity contribution in [3.63, 3.8) is 0 Å². The summed E-state index contributed by atoms with van der Waals surface area (Å²) in [6.07, 6.45) is 0. The topological polar surface area (TPSA) is 0 Å². The largest absolute Gasteiger partial charge is 0.269 e. The van der Waals surface area contributed by atoms with Crippen LogP contribution in [0.1, 0.15) is 17.3 Å². The third-order valence-electron chi connectivity index (χ3n) is 1.47. The molecular formula is C8H12AlF. The van der Waals surface area contributed by atoms with E-state index in [0.717, 1.165) is 4.78 Å². The maximum Gasteiger partial charge on any atom is 0.222 e. The van der Waals surface area contributed by atoms with Crippen LogP contribution < -0.4 is 0 Å². The second-order valence-corrected chi connectivity index (χ2v) is 4.30. The first-order valence-electron chi connectivity index (χ1n) is 3.35. The summed E-state index contributed by atoms with van der Waals surface area (Å²) in [5.41, 5.74) is 1.48. The van der Waals surface area contributed by atoms with Gasteiger partial charge in [-0.05, 0) is 0 Å². The molecule has 1 atom stereocenters. The predicted molar refractivity (Wildman–Crippen MR) is 45.9 cm³/mol. The van der Waals surface area contributed by atoms with Crippen molar-refractivity contribution in [1.82, 2.24) is 0 Å². The minimum absolute atomic E-state index is 0. The molecule has 0 saturated heterocycles. The molecule has 10 heavy (non-hydrogen) atoms. The van der Waals surface area contributed by atoms with Crippen LogP contribution in [0.2, 0.25) is 0 Å². The van der Waals surface area contributed by atoms with Crippen molar-refractivity contribution in [1.29, 1.82) is 0 Å². The van der Waals surface area contributed by atoms with E-state index >= 15 is 0 Å². The van der Waals surface area contributed by atoms with Crippen molar-refractivity contribution in [3.8, 4) is 0 Å². The SMILES string of the molecule is C[CH]([AlH2])c1ccccc1.F. The maximum atomic E-state index is 2.27. The van der Waals surface area contributed by atoms with E-state index in [1.165, 1.54) is 21.9 Å². The predicted octanol–water partition coefficient (Wildman–Crippen LogP) is 1.53. The van der Waals surface area contributed by atoms with Crippen LogP contribution in [0.5, 0.6) is 0 Å². The second-order valence-electron chi connectivity index (χ2n) is 2.57. The number of hydrogen-bond donors (Lipinski definition) is 0. The van der Waals surface area contributed by atoms with Gasteiger partial charge in [0.25, 0.3) is 0 Å². The van der Waals surface area contributed by atoms with Gasteiger partial charge in [-0.15, -0.1) is 0 Å². The lowest BCUT2D eigenvalue weighted by molar-refractivity contribution is 1.08. The van der Waals surface area contributed by atoms with Crippen LogP contribution in [0.4, 0.5) is 4.70 Å². The molecule has 0 heterocycles. The summed E-state index contributed by atoms with van der Waals surface area (Å²) in [6.45, 7) is 2.27. The van der Waals surface area contributed by atoms with Crippen molar-refractivity contribution in [3.05, 3.63) is 35.9 Å². The Balaban J connectivity index is 0.000000810. The lowest BCUT2D eigenvalue weighted by Crippen LogP contribution is -1.89. The van der Waals surface area contributed by atoms with Crippen LogP contribution in [-0.2, 0) is 0 Å².